The fourth-order valence-corrected chi connectivity index (χ4v) is 3.38. The molecule has 3 N–H and O–H groups in total. The number of fused-ring (bicyclic) bond motifs is 1. The molecule has 6 heteroatoms. The summed E-state index contributed by atoms with van der Waals surface area (Å²) in [6.45, 7) is 0. The Morgan fingerprint density at radius 1 is 1.08 bits per heavy atom. The van der Waals surface area contributed by atoms with Crippen LogP contribution in [0.3, 0.4) is 0 Å². The van der Waals surface area contributed by atoms with Crippen LogP contribution in [0.5, 0.6) is 0 Å². The van der Waals surface area contributed by atoms with Crippen LogP contribution in [0.15, 0.2) is 54.6 Å². The van der Waals surface area contributed by atoms with E-state index in [4.69, 9.17) is 0 Å². The number of amides is 2. The third-order valence-electron chi connectivity index (χ3n) is 4.67. The lowest BCUT2D eigenvalue weighted by Crippen LogP contribution is -2.26. The van der Waals surface area contributed by atoms with Gasteiger partial charge in [0, 0.05) is 24.9 Å². The van der Waals surface area contributed by atoms with Gasteiger partial charge in [-0.2, -0.15) is 5.10 Å². The van der Waals surface area contributed by atoms with Crippen molar-refractivity contribution in [1.82, 2.24) is 15.5 Å². The number of anilines is 1. The van der Waals surface area contributed by atoms with Crippen LogP contribution in [0.2, 0.25) is 0 Å². The summed E-state index contributed by atoms with van der Waals surface area (Å²) in [6, 6.07) is 18.2. The number of nitrogens with one attached hydrogen (secondary N) is 3. The third kappa shape index (κ3) is 2.75. The van der Waals surface area contributed by atoms with Crippen LogP contribution in [0.25, 0.3) is 11.1 Å². The number of nitrogens with zero attached hydrogens (tertiary/aromatic N) is 1. The molecule has 0 saturated heterocycles. The molecule has 130 valence electrons. The molecule has 2 aromatic carbocycles. The van der Waals surface area contributed by atoms with E-state index in [2.05, 4.69) is 33.0 Å². The maximum Gasteiger partial charge on any atom is 0.269 e. The standard InChI is InChI=1S/C20H18N4O2/c1-21-20(26)18-17-15(11-16(25)22-19(17)24-23-18)14-9-7-13(8-10-14)12-5-3-2-4-6-12/h2-10,15H,11H2,1H3,(H,21,26)(H2,22,23,24,25). The Hall–Kier alpha value is -3.41. The van der Waals surface area contributed by atoms with Crippen molar-refractivity contribution in [3.8, 4) is 11.1 Å². The lowest BCUT2D eigenvalue weighted by atomic mass is 9.85. The number of hydrogen-bond acceptors (Lipinski definition) is 3. The Balaban J connectivity index is 1.73. The predicted octanol–water partition coefficient (Wildman–Crippen LogP) is 2.91. The summed E-state index contributed by atoms with van der Waals surface area (Å²) in [5.74, 6) is -0.142. The molecule has 1 aromatic heterocycles. The van der Waals surface area contributed by atoms with Crippen molar-refractivity contribution in [2.24, 2.45) is 0 Å². The Morgan fingerprint density at radius 2 is 1.77 bits per heavy atom. The van der Waals surface area contributed by atoms with Crippen molar-refractivity contribution in [2.75, 3.05) is 12.4 Å². The maximum atomic E-state index is 12.1. The van der Waals surface area contributed by atoms with Gasteiger partial charge in [0.15, 0.2) is 5.82 Å². The van der Waals surface area contributed by atoms with Crippen LogP contribution in [0.1, 0.15) is 34.0 Å². The predicted molar refractivity (Wildman–Crippen MR) is 98.9 cm³/mol. The van der Waals surface area contributed by atoms with Crippen molar-refractivity contribution in [2.45, 2.75) is 12.3 Å². The highest BCUT2D eigenvalue weighted by molar-refractivity contribution is 6.00. The van der Waals surface area contributed by atoms with Gasteiger partial charge in [-0.1, -0.05) is 54.6 Å². The minimum absolute atomic E-state index is 0.107. The van der Waals surface area contributed by atoms with E-state index in [0.29, 0.717) is 11.5 Å². The average molecular weight is 346 g/mol. The van der Waals surface area contributed by atoms with Crippen LogP contribution >= 0.6 is 0 Å². The zero-order valence-corrected chi connectivity index (χ0v) is 14.2. The topological polar surface area (TPSA) is 86.9 Å². The number of benzene rings is 2. The number of H-pyrrole nitrogens is 1. The van der Waals surface area contributed by atoms with Crippen molar-refractivity contribution >= 4 is 17.6 Å². The first-order chi connectivity index (χ1) is 12.7. The van der Waals surface area contributed by atoms with E-state index in [1.807, 2.05) is 42.5 Å². The van der Waals surface area contributed by atoms with Gasteiger partial charge in [-0.3, -0.25) is 14.7 Å². The van der Waals surface area contributed by atoms with E-state index >= 15 is 0 Å². The van der Waals surface area contributed by atoms with Gasteiger partial charge >= 0.3 is 0 Å². The number of hydrogen-bond donors (Lipinski definition) is 3. The average Bonchev–Trinajstić information content (AvgIpc) is 3.11. The van der Waals surface area contributed by atoms with Gasteiger partial charge in [0.05, 0.1) is 0 Å². The fourth-order valence-electron chi connectivity index (χ4n) is 3.38. The Morgan fingerprint density at radius 3 is 2.46 bits per heavy atom. The van der Waals surface area contributed by atoms with E-state index in [0.717, 1.165) is 22.3 Å². The zero-order valence-electron chi connectivity index (χ0n) is 14.2. The van der Waals surface area contributed by atoms with Gasteiger partial charge in [-0.15, -0.1) is 0 Å². The van der Waals surface area contributed by atoms with E-state index < -0.39 is 0 Å². The summed E-state index contributed by atoms with van der Waals surface area (Å²) in [7, 11) is 1.57. The minimum atomic E-state index is -0.249. The zero-order chi connectivity index (χ0) is 18.1. The lowest BCUT2D eigenvalue weighted by molar-refractivity contribution is -0.116. The monoisotopic (exact) mass is 346 g/mol. The van der Waals surface area contributed by atoms with Gasteiger partial charge < -0.3 is 10.6 Å². The van der Waals surface area contributed by atoms with Gasteiger partial charge in [0.2, 0.25) is 5.91 Å². The van der Waals surface area contributed by atoms with E-state index in [9.17, 15) is 9.59 Å². The molecule has 4 rings (SSSR count). The first kappa shape index (κ1) is 16.1. The van der Waals surface area contributed by atoms with Crippen molar-refractivity contribution in [1.29, 1.82) is 0 Å². The molecular formula is C20H18N4O2. The molecule has 0 radical (unpaired) electrons. The van der Waals surface area contributed by atoms with Crippen molar-refractivity contribution in [3.63, 3.8) is 0 Å². The number of carbonyl (C=O) groups excluding carboxylic acids is 2. The van der Waals surface area contributed by atoms with Gasteiger partial charge in [0.25, 0.3) is 5.91 Å². The highest BCUT2D eigenvalue weighted by Crippen LogP contribution is 2.38. The normalized spacial score (nSPS) is 15.9. The number of aromatic amines is 1. The first-order valence-corrected chi connectivity index (χ1v) is 8.43. The summed E-state index contributed by atoms with van der Waals surface area (Å²) in [4.78, 5) is 24.2. The summed E-state index contributed by atoms with van der Waals surface area (Å²) in [5, 5.41) is 12.2. The smallest absolute Gasteiger partial charge is 0.269 e. The van der Waals surface area contributed by atoms with Gasteiger partial charge in [0.1, 0.15) is 5.69 Å². The molecular weight excluding hydrogens is 328 g/mol. The molecule has 1 atom stereocenters. The number of aromatic nitrogens is 2. The van der Waals surface area contributed by atoms with Crippen LogP contribution in [0, 0.1) is 0 Å². The van der Waals surface area contributed by atoms with Gasteiger partial charge in [-0.05, 0) is 16.7 Å². The van der Waals surface area contributed by atoms with Crippen LogP contribution in [0.4, 0.5) is 5.82 Å². The molecule has 0 fully saturated rings. The molecule has 1 aliphatic heterocycles. The van der Waals surface area contributed by atoms with Crippen LogP contribution in [-0.2, 0) is 4.79 Å². The van der Waals surface area contributed by atoms with Crippen LogP contribution < -0.4 is 10.6 Å². The van der Waals surface area contributed by atoms with Gasteiger partial charge in [-0.25, -0.2) is 0 Å². The molecule has 0 saturated carbocycles. The third-order valence-corrected chi connectivity index (χ3v) is 4.67. The minimum Gasteiger partial charge on any atom is -0.354 e. The van der Waals surface area contributed by atoms with Crippen LogP contribution in [-0.4, -0.2) is 29.1 Å². The summed E-state index contributed by atoms with van der Waals surface area (Å²) < 4.78 is 0. The first-order valence-electron chi connectivity index (χ1n) is 8.43. The van der Waals surface area contributed by atoms with E-state index in [1.165, 1.54) is 0 Å². The number of carbonyl (C=O) groups is 2. The summed E-state index contributed by atoms with van der Waals surface area (Å²) in [5.41, 5.74) is 4.34. The highest BCUT2D eigenvalue weighted by atomic mass is 16.2. The molecule has 0 spiro atoms. The molecule has 2 heterocycles. The molecule has 26 heavy (non-hydrogen) atoms. The Labute approximate surface area is 150 Å². The molecule has 1 unspecified atom stereocenters. The Bertz CT molecular complexity index is 961. The maximum absolute atomic E-state index is 12.1. The molecule has 6 nitrogen and oxygen atoms in total. The molecule has 0 aliphatic carbocycles. The van der Waals surface area contributed by atoms with Crippen molar-refractivity contribution < 1.29 is 9.59 Å². The largest absolute Gasteiger partial charge is 0.354 e. The number of rotatable bonds is 3. The fraction of sp³-hybridized carbons (Fsp3) is 0.150. The SMILES string of the molecule is CNC(=O)c1[nH]nc2c1C(c1ccc(-c3ccccc3)cc1)CC(=O)N2. The highest BCUT2D eigenvalue weighted by Gasteiger charge is 2.33. The summed E-state index contributed by atoms with van der Waals surface area (Å²) in [6.07, 6.45) is 0.279. The molecule has 2 amide bonds. The second-order valence-corrected chi connectivity index (χ2v) is 6.23. The summed E-state index contributed by atoms with van der Waals surface area (Å²) >= 11 is 0. The molecule has 3 aromatic rings. The quantitative estimate of drug-likeness (QED) is 0.681. The molecule has 0 bridgehead atoms. The Kier molecular flexibility index (Phi) is 4.01. The molecule has 1 aliphatic rings. The van der Waals surface area contributed by atoms with E-state index in [1.54, 1.807) is 7.05 Å². The van der Waals surface area contributed by atoms with Crippen molar-refractivity contribution in [3.05, 3.63) is 71.4 Å². The van der Waals surface area contributed by atoms with E-state index in [-0.39, 0.29) is 24.2 Å². The second-order valence-electron chi connectivity index (χ2n) is 6.23. The second kappa shape index (κ2) is 6.48. The lowest BCUT2D eigenvalue weighted by Gasteiger charge is -2.23.